The Morgan fingerprint density at radius 1 is 1.08 bits per heavy atom. The molecule has 128 valence electrons. The van der Waals surface area contributed by atoms with Gasteiger partial charge in [-0.25, -0.2) is 19.5 Å². The molecule has 1 saturated heterocycles. The van der Waals surface area contributed by atoms with Crippen molar-refractivity contribution in [2.75, 3.05) is 37.3 Å². The van der Waals surface area contributed by atoms with Crippen LogP contribution in [0, 0.1) is 0 Å². The monoisotopic (exact) mass is 355 g/mol. The van der Waals surface area contributed by atoms with Gasteiger partial charge in [0.25, 0.3) is 5.91 Å². The summed E-state index contributed by atoms with van der Waals surface area (Å²) in [5.41, 5.74) is 1.36. The maximum atomic E-state index is 12.6. The maximum Gasteiger partial charge on any atom is 0.257 e. The predicted octanol–water partition coefficient (Wildman–Crippen LogP) is 1.20. The lowest BCUT2D eigenvalue weighted by atomic mass is 10.2. The van der Waals surface area contributed by atoms with Gasteiger partial charge in [0.1, 0.15) is 5.82 Å². The smallest absolute Gasteiger partial charge is 0.257 e. The van der Waals surface area contributed by atoms with Crippen molar-refractivity contribution in [3.8, 4) is 0 Å². The fraction of sp³-hybridized carbons (Fsp3) is 0.312. The van der Waals surface area contributed by atoms with Gasteiger partial charge in [0.15, 0.2) is 10.8 Å². The van der Waals surface area contributed by atoms with E-state index in [9.17, 15) is 4.79 Å². The molecule has 0 unspecified atom stereocenters. The highest BCUT2D eigenvalue weighted by molar-refractivity contribution is 7.98. The number of carbonyl (C=O) groups is 1. The number of hydrogen-bond acceptors (Lipinski definition) is 7. The Hall–Kier alpha value is -2.68. The van der Waals surface area contributed by atoms with Crippen molar-refractivity contribution >= 4 is 29.1 Å². The number of thioether (sulfide) groups is 1. The van der Waals surface area contributed by atoms with E-state index >= 15 is 0 Å². The Morgan fingerprint density at radius 3 is 2.56 bits per heavy atom. The Balaban J connectivity index is 1.42. The van der Waals surface area contributed by atoms with Gasteiger partial charge in [-0.05, 0) is 18.4 Å². The summed E-state index contributed by atoms with van der Waals surface area (Å²) in [6.45, 7) is 2.77. The quantitative estimate of drug-likeness (QED) is 0.516. The number of hydrogen-bond donors (Lipinski definition) is 0. The molecule has 0 bridgehead atoms. The third-order valence-corrected chi connectivity index (χ3v) is 4.77. The molecule has 1 amide bonds. The molecular weight excluding hydrogens is 338 g/mol. The van der Waals surface area contributed by atoms with Crippen LogP contribution < -0.4 is 4.90 Å². The van der Waals surface area contributed by atoms with E-state index in [0.717, 1.165) is 24.6 Å². The van der Waals surface area contributed by atoms with E-state index in [2.05, 4.69) is 25.0 Å². The van der Waals surface area contributed by atoms with E-state index in [4.69, 9.17) is 0 Å². The molecule has 0 atom stereocenters. The Bertz CT molecular complexity index is 887. The molecule has 4 rings (SSSR count). The second-order valence-corrected chi connectivity index (χ2v) is 6.43. The van der Waals surface area contributed by atoms with Gasteiger partial charge in [-0.2, -0.15) is 0 Å². The molecule has 0 aromatic carbocycles. The fourth-order valence-corrected chi connectivity index (χ4v) is 3.14. The van der Waals surface area contributed by atoms with Gasteiger partial charge < -0.3 is 9.80 Å². The van der Waals surface area contributed by atoms with Crippen LogP contribution in [-0.4, -0.2) is 67.8 Å². The summed E-state index contributed by atoms with van der Waals surface area (Å²) in [5, 5.41) is 5.23. The van der Waals surface area contributed by atoms with Crippen molar-refractivity contribution in [2.24, 2.45) is 0 Å². The summed E-state index contributed by atoms with van der Waals surface area (Å²) >= 11 is 1.46. The third kappa shape index (κ3) is 3.14. The zero-order valence-electron chi connectivity index (χ0n) is 13.7. The van der Waals surface area contributed by atoms with Crippen LogP contribution in [0.4, 0.5) is 5.82 Å². The van der Waals surface area contributed by atoms with Gasteiger partial charge in [-0.15, -0.1) is 5.10 Å². The molecule has 0 spiro atoms. The number of fused-ring (bicyclic) bond motifs is 1. The normalized spacial score (nSPS) is 14.9. The SMILES string of the molecule is CSc1ncc(C(=O)N2CCN(c3ccc4nccn4n3)CC2)cn1. The van der Waals surface area contributed by atoms with Crippen LogP contribution in [0.1, 0.15) is 10.4 Å². The van der Waals surface area contributed by atoms with Crippen LogP contribution in [0.15, 0.2) is 42.1 Å². The molecule has 3 aromatic rings. The molecule has 1 aliphatic rings. The van der Waals surface area contributed by atoms with Crippen molar-refractivity contribution in [3.05, 3.63) is 42.5 Å². The summed E-state index contributed by atoms with van der Waals surface area (Å²) < 4.78 is 1.76. The number of aromatic nitrogens is 5. The first-order valence-corrected chi connectivity index (χ1v) is 9.18. The minimum atomic E-state index is -0.0228. The molecule has 1 fully saturated rings. The minimum Gasteiger partial charge on any atom is -0.352 e. The highest BCUT2D eigenvalue weighted by Gasteiger charge is 2.23. The number of anilines is 1. The Labute approximate surface area is 148 Å². The van der Waals surface area contributed by atoms with Gasteiger partial charge in [0.05, 0.1) is 5.56 Å². The molecule has 9 heteroatoms. The third-order valence-electron chi connectivity index (χ3n) is 4.19. The predicted molar refractivity (Wildman–Crippen MR) is 94.9 cm³/mol. The molecule has 8 nitrogen and oxygen atoms in total. The van der Waals surface area contributed by atoms with Gasteiger partial charge in [-0.1, -0.05) is 11.8 Å². The lowest BCUT2D eigenvalue weighted by molar-refractivity contribution is 0.0745. The van der Waals surface area contributed by atoms with Crippen molar-refractivity contribution in [3.63, 3.8) is 0 Å². The summed E-state index contributed by atoms with van der Waals surface area (Å²) in [7, 11) is 0. The molecule has 0 aliphatic carbocycles. The number of carbonyl (C=O) groups excluding carboxylic acids is 1. The zero-order chi connectivity index (χ0) is 17.2. The lowest BCUT2D eigenvalue weighted by Crippen LogP contribution is -2.49. The van der Waals surface area contributed by atoms with Crippen LogP contribution in [0.5, 0.6) is 0 Å². The van der Waals surface area contributed by atoms with Crippen LogP contribution in [-0.2, 0) is 0 Å². The van der Waals surface area contributed by atoms with Crippen molar-refractivity contribution in [2.45, 2.75) is 5.16 Å². The average molecular weight is 355 g/mol. The summed E-state index contributed by atoms with van der Waals surface area (Å²) in [5.74, 6) is 0.871. The molecular formula is C16H17N7OS. The fourth-order valence-electron chi connectivity index (χ4n) is 2.83. The second-order valence-electron chi connectivity index (χ2n) is 5.66. The Morgan fingerprint density at radius 2 is 1.84 bits per heavy atom. The molecule has 0 radical (unpaired) electrons. The largest absolute Gasteiger partial charge is 0.352 e. The molecule has 1 aliphatic heterocycles. The zero-order valence-corrected chi connectivity index (χ0v) is 14.6. The number of nitrogens with zero attached hydrogens (tertiary/aromatic N) is 7. The highest BCUT2D eigenvalue weighted by atomic mass is 32.2. The topological polar surface area (TPSA) is 79.5 Å². The van der Waals surface area contributed by atoms with E-state index in [-0.39, 0.29) is 5.91 Å². The van der Waals surface area contributed by atoms with Gasteiger partial charge >= 0.3 is 0 Å². The van der Waals surface area contributed by atoms with Gasteiger partial charge in [-0.3, -0.25) is 4.79 Å². The summed E-state index contributed by atoms with van der Waals surface area (Å²) in [4.78, 5) is 29.1. The van der Waals surface area contributed by atoms with Crippen LogP contribution in [0.2, 0.25) is 0 Å². The number of imidazole rings is 1. The average Bonchev–Trinajstić information content (AvgIpc) is 3.15. The first kappa shape index (κ1) is 15.8. The first-order chi connectivity index (χ1) is 12.2. The maximum absolute atomic E-state index is 12.6. The molecule has 0 saturated carbocycles. The number of rotatable bonds is 3. The molecule has 25 heavy (non-hydrogen) atoms. The number of amides is 1. The number of piperazine rings is 1. The standard InChI is InChI=1S/C16H17N7OS/c1-25-16-18-10-12(11-19-16)15(24)22-8-6-21(7-9-22)14-3-2-13-17-4-5-23(13)20-14/h2-5,10-11H,6-9H2,1H3. The lowest BCUT2D eigenvalue weighted by Gasteiger charge is -2.35. The molecule has 3 aromatic heterocycles. The van der Waals surface area contributed by atoms with Crippen LogP contribution in [0.3, 0.4) is 0 Å². The van der Waals surface area contributed by atoms with Crippen molar-refractivity contribution in [1.82, 2.24) is 29.5 Å². The van der Waals surface area contributed by atoms with E-state index in [1.54, 1.807) is 23.1 Å². The molecule has 0 N–H and O–H groups in total. The van der Waals surface area contributed by atoms with Crippen molar-refractivity contribution in [1.29, 1.82) is 0 Å². The first-order valence-electron chi connectivity index (χ1n) is 7.95. The highest BCUT2D eigenvalue weighted by Crippen LogP contribution is 2.16. The van der Waals surface area contributed by atoms with E-state index in [1.807, 2.05) is 29.5 Å². The van der Waals surface area contributed by atoms with E-state index < -0.39 is 0 Å². The van der Waals surface area contributed by atoms with Crippen LogP contribution >= 0.6 is 11.8 Å². The van der Waals surface area contributed by atoms with E-state index in [1.165, 1.54) is 11.8 Å². The van der Waals surface area contributed by atoms with E-state index in [0.29, 0.717) is 23.8 Å². The van der Waals surface area contributed by atoms with Crippen molar-refractivity contribution < 1.29 is 4.79 Å². The summed E-state index contributed by atoms with van der Waals surface area (Å²) in [6, 6.07) is 3.92. The Kier molecular flexibility index (Phi) is 4.22. The molecule has 4 heterocycles. The second kappa shape index (κ2) is 6.67. The van der Waals surface area contributed by atoms with Gasteiger partial charge in [0.2, 0.25) is 0 Å². The van der Waals surface area contributed by atoms with Gasteiger partial charge in [0, 0.05) is 51.0 Å². The van der Waals surface area contributed by atoms with Crippen LogP contribution in [0.25, 0.3) is 5.65 Å². The minimum absolute atomic E-state index is 0.0228. The summed E-state index contributed by atoms with van der Waals surface area (Å²) in [6.07, 6.45) is 8.67.